The summed E-state index contributed by atoms with van der Waals surface area (Å²) >= 11 is 5.20. The lowest BCUT2D eigenvalue weighted by atomic mass is 10.2. The standard InChI is InChI=1S/C11H20N3O4PS/c1-5-16-19(20,18-15-7-12)17-10-6-9(4)13-11(14-10)8(2)3/h6,8H,5,7,12H2,1-4H3. The Labute approximate surface area is 124 Å². The van der Waals surface area contributed by atoms with Gasteiger partial charge in [-0.3, -0.25) is 4.52 Å². The van der Waals surface area contributed by atoms with Gasteiger partial charge in [-0.25, -0.2) is 9.87 Å². The van der Waals surface area contributed by atoms with E-state index in [9.17, 15) is 0 Å². The third-order valence-corrected chi connectivity index (χ3v) is 4.06. The first-order chi connectivity index (χ1) is 9.40. The molecule has 20 heavy (non-hydrogen) atoms. The van der Waals surface area contributed by atoms with E-state index < -0.39 is 6.72 Å². The highest BCUT2D eigenvalue weighted by molar-refractivity contribution is 8.07. The second-order valence-corrected chi connectivity index (χ2v) is 7.00. The molecule has 0 fully saturated rings. The minimum atomic E-state index is -3.09. The Morgan fingerprint density at radius 2 is 2.10 bits per heavy atom. The van der Waals surface area contributed by atoms with Crippen LogP contribution in [0.25, 0.3) is 0 Å². The van der Waals surface area contributed by atoms with Gasteiger partial charge in [0.05, 0.1) is 6.61 Å². The van der Waals surface area contributed by atoms with Gasteiger partial charge in [0, 0.05) is 29.5 Å². The van der Waals surface area contributed by atoms with Gasteiger partial charge in [0.15, 0.2) is 0 Å². The van der Waals surface area contributed by atoms with Crippen molar-refractivity contribution in [1.29, 1.82) is 0 Å². The van der Waals surface area contributed by atoms with Gasteiger partial charge >= 0.3 is 6.72 Å². The molecule has 0 aliphatic heterocycles. The number of hydrogen-bond donors (Lipinski definition) is 1. The average molecular weight is 321 g/mol. The minimum Gasteiger partial charge on any atom is -0.404 e. The topological polar surface area (TPSA) is 88.7 Å². The largest absolute Gasteiger partial charge is 0.409 e. The zero-order valence-corrected chi connectivity index (χ0v) is 13.7. The van der Waals surface area contributed by atoms with Gasteiger partial charge in [0.2, 0.25) is 5.88 Å². The van der Waals surface area contributed by atoms with Crippen molar-refractivity contribution in [2.45, 2.75) is 33.6 Å². The molecule has 2 N–H and O–H groups in total. The number of nitrogens with two attached hydrogens (primary N) is 1. The molecule has 7 nitrogen and oxygen atoms in total. The Morgan fingerprint density at radius 3 is 2.65 bits per heavy atom. The Kier molecular flexibility index (Phi) is 6.94. The molecule has 0 saturated carbocycles. The third-order valence-electron chi connectivity index (χ3n) is 2.07. The Balaban J connectivity index is 2.95. The smallest absolute Gasteiger partial charge is 0.404 e. The van der Waals surface area contributed by atoms with Crippen LogP contribution in [-0.4, -0.2) is 23.3 Å². The number of hydrogen-bond acceptors (Lipinski definition) is 8. The summed E-state index contributed by atoms with van der Waals surface area (Å²) in [6, 6.07) is 1.66. The highest BCUT2D eigenvalue weighted by Crippen LogP contribution is 2.49. The van der Waals surface area contributed by atoms with Crippen LogP contribution in [0.15, 0.2) is 6.07 Å². The first-order valence-electron chi connectivity index (χ1n) is 6.21. The fourth-order valence-corrected chi connectivity index (χ4v) is 2.93. The number of aryl methyl sites for hydroxylation is 1. The molecule has 0 aromatic carbocycles. The van der Waals surface area contributed by atoms with Crippen molar-refractivity contribution in [2.75, 3.05) is 13.3 Å². The van der Waals surface area contributed by atoms with Gasteiger partial charge in [-0.2, -0.15) is 4.98 Å². The molecule has 1 aromatic rings. The van der Waals surface area contributed by atoms with Gasteiger partial charge < -0.3 is 10.3 Å². The van der Waals surface area contributed by atoms with Crippen LogP contribution in [-0.2, 0) is 25.9 Å². The van der Waals surface area contributed by atoms with Crippen molar-refractivity contribution in [3.05, 3.63) is 17.6 Å². The monoisotopic (exact) mass is 321 g/mol. The van der Waals surface area contributed by atoms with Gasteiger partial charge in [-0.05, 0) is 13.8 Å². The number of aromatic nitrogens is 2. The molecule has 1 heterocycles. The van der Waals surface area contributed by atoms with Crippen molar-refractivity contribution in [1.82, 2.24) is 9.97 Å². The zero-order valence-electron chi connectivity index (χ0n) is 12.0. The van der Waals surface area contributed by atoms with Crippen LogP contribution in [0.2, 0.25) is 0 Å². The fraction of sp³-hybridized carbons (Fsp3) is 0.636. The van der Waals surface area contributed by atoms with E-state index in [1.165, 1.54) is 0 Å². The molecule has 1 unspecified atom stereocenters. The van der Waals surface area contributed by atoms with Crippen molar-refractivity contribution in [3.63, 3.8) is 0 Å². The number of rotatable bonds is 8. The predicted octanol–water partition coefficient (Wildman–Crippen LogP) is 2.41. The Hall–Kier alpha value is -0.630. The second-order valence-electron chi connectivity index (χ2n) is 4.18. The van der Waals surface area contributed by atoms with Crippen molar-refractivity contribution in [2.24, 2.45) is 5.73 Å². The lowest BCUT2D eigenvalue weighted by molar-refractivity contribution is -0.213. The molecule has 9 heteroatoms. The number of nitrogens with zero attached hydrogens (tertiary/aromatic N) is 2. The molecule has 1 aromatic heterocycles. The first kappa shape index (κ1) is 17.4. The van der Waals surface area contributed by atoms with E-state index in [0.29, 0.717) is 18.3 Å². The van der Waals surface area contributed by atoms with Gasteiger partial charge in [-0.1, -0.05) is 13.8 Å². The van der Waals surface area contributed by atoms with Crippen molar-refractivity contribution >= 4 is 18.5 Å². The van der Waals surface area contributed by atoms with Crippen molar-refractivity contribution in [3.8, 4) is 5.88 Å². The maximum absolute atomic E-state index is 5.57. The molecule has 0 spiro atoms. The van der Waals surface area contributed by atoms with E-state index in [2.05, 4.69) is 14.9 Å². The molecular formula is C11H20N3O4PS. The Morgan fingerprint density at radius 1 is 1.40 bits per heavy atom. The summed E-state index contributed by atoms with van der Waals surface area (Å²) in [4.78, 5) is 13.3. The molecule has 114 valence electrons. The van der Waals surface area contributed by atoms with E-state index in [4.69, 9.17) is 31.3 Å². The van der Waals surface area contributed by atoms with Gasteiger partial charge in [0.1, 0.15) is 12.6 Å². The SMILES string of the molecule is CCOP(=S)(OOCN)Oc1cc(C)nc(C(C)C)n1. The molecule has 1 rings (SSSR count). The van der Waals surface area contributed by atoms with E-state index in [1.54, 1.807) is 13.0 Å². The highest BCUT2D eigenvalue weighted by atomic mass is 32.5. The average Bonchev–Trinajstić information content (AvgIpc) is 2.36. The lowest BCUT2D eigenvalue weighted by Crippen LogP contribution is -2.09. The maximum Gasteiger partial charge on any atom is 0.409 e. The minimum absolute atomic E-state index is 0.144. The maximum atomic E-state index is 5.57. The molecule has 0 radical (unpaired) electrons. The van der Waals surface area contributed by atoms with E-state index in [-0.39, 0.29) is 12.6 Å². The van der Waals surface area contributed by atoms with E-state index in [0.717, 1.165) is 5.69 Å². The summed E-state index contributed by atoms with van der Waals surface area (Å²) in [7, 11) is 0. The van der Waals surface area contributed by atoms with Crippen LogP contribution in [0.1, 0.15) is 38.2 Å². The quantitative estimate of drug-likeness (QED) is 0.338. The van der Waals surface area contributed by atoms with Gasteiger partial charge in [-0.15, -0.1) is 4.67 Å². The molecular weight excluding hydrogens is 301 g/mol. The summed E-state index contributed by atoms with van der Waals surface area (Å²) in [5.74, 6) is 1.14. The molecule has 0 aliphatic rings. The molecule has 0 aliphatic carbocycles. The Bertz CT molecular complexity index is 487. The van der Waals surface area contributed by atoms with E-state index >= 15 is 0 Å². The van der Waals surface area contributed by atoms with Crippen LogP contribution in [0.3, 0.4) is 0 Å². The summed E-state index contributed by atoms with van der Waals surface area (Å²) in [5, 5.41) is 0. The first-order valence-corrected chi connectivity index (χ1v) is 8.76. The summed E-state index contributed by atoms with van der Waals surface area (Å²) < 4.78 is 15.8. The summed E-state index contributed by atoms with van der Waals surface area (Å²) in [6.07, 6.45) is 0. The zero-order chi connectivity index (χ0) is 15.2. The van der Waals surface area contributed by atoms with Crippen LogP contribution in [0, 0.1) is 6.92 Å². The van der Waals surface area contributed by atoms with Gasteiger partial charge in [0.25, 0.3) is 0 Å². The predicted molar refractivity (Wildman–Crippen MR) is 78.6 cm³/mol. The van der Waals surface area contributed by atoms with Crippen LogP contribution < -0.4 is 10.3 Å². The molecule has 0 amide bonds. The second kappa shape index (κ2) is 7.97. The van der Waals surface area contributed by atoms with E-state index in [1.807, 2.05) is 20.8 Å². The lowest BCUT2D eigenvalue weighted by Gasteiger charge is -2.20. The third kappa shape index (κ3) is 5.40. The molecule has 0 saturated heterocycles. The highest BCUT2D eigenvalue weighted by Gasteiger charge is 2.25. The normalized spacial score (nSPS) is 14.3. The van der Waals surface area contributed by atoms with Crippen molar-refractivity contribution < 1.29 is 18.6 Å². The molecule has 1 atom stereocenters. The van der Waals surface area contributed by atoms with Crippen LogP contribution in [0.4, 0.5) is 0 Å². The van der Waals surface area contributed by atoms with Crippen LogP contribution in [0.5, 0.6) is 5.88 Å². The summed E-state index contributed by atoms with van der Waals surface area (Å²) in [6.45, 7) is 4.71. The molecule has 0 bridgehead atoms. The van der Waals surface area contributed by atoms with Crippen LogP contribution >= 0.6 is 6.72 Å². The summed E-state index contributed by atoms with van der Waals surface area (Å²) in [5.41, 5.74) is 5.98. The fourth-order valence-electron chi connectivity index (χ4n) is 1.30.